The number of carbonyl (C=O) groups excluding carboxylic acids is 1. The Kier molecular flexibility index (Phi) is 5.83. The van der Waals surface area contributed by atoms with Crippen LogP contribution in [0.3, 0.4) is 0 Å². The quantitative estimate of drug-likeness (QED) is 0.686. The van der Waals surface area contributed by atoms with E-state index in [1.807, 2.05) is 32.3 Å². The minimum atomic E-state index is -0.00230. The lowest BCUT2D eigenvalue weighted by Gasteiger charge is -2.10. The van der Waals surface area contributed by atoms with Crippen molar-refractivity contribution in [3.63, 3.8) is 0 Å². The van der Waals surface area contributed by atoms with E-state index in [1.165, 1.54) is 0 Å². The van der Waals surface area contributed by atoms with Gasteiger partial charge in [0.05, 0.1) is 6.54 Å². The first-order valence-electron chi connectivity index (χ1n) is 7.16. The van der Waals surface area contributed by atoms with Crippen LogP contribution in [-0.4, -0.2) is 51.3 Å². The molecule has 6 heteroatoms. The zero-order valence-electron chi connectivity index (χ0n) is 12.6. The standard InChI is InChI=1S/C15H23N3O3/c1-18(2)7-3-6-16-10-15(19)17-9-12-4-5-13-14(8-12)21-11-20-13/h4-5,8,16H,3,6-7,9-11H2,1-2H3,(H,17,19). The van der Waals surface area contributed by atoms with Crippen molar-refractivity contribution in [1.29, 1.82) is 0 Å². The highest BCUT2D eigenvalue weighted by molar-refractivity contribution is 5.77. The van der Waals surface area contributed by atoms with Gasteiger partial charge in [0, 0.05) is 6.54 Å². The normalized spacial score (nSPS) is 12.7. The number of hydrogen-bond donors (Lipinski definition) is 2. The van der Waals surface area contributed by atoms with Crippen LogP contribution in [0.4, 0.5) is 0 Å². The van der Waals surface area contributed by atoms with Gasteiger partial charge in [0.25, 0.3) is 0 Å². The summed E-state index contributed by atoms with van der Waals surface area (Å²) in [4.78, 5) is 13.8. The molecule has 0 bridgehead atoms. The SMILES string of the molecule is CN(C)CCCNCC(=O)NCc1ccc2c(c1)OCO2. The van der Waals surface area contributed by atoms with Crippen molar-refractivity contribution < 1.29 is 14.3 Å². The van der Waals surface area contributed by atoms with Crippen molar-refractivity contribution in [3.05, 3.63) is 23.8 Å². The second kappa shape index (κ2) is 7.85. The maximum atomic E-state index is 11.7. The van der Waals surface area contributed by atoms with Crippen molar-refractivity contribution in [2.45, 2.75) is 13.0 Å². The molecule has 6 nitrogen and oxygen atoms in total. The molecule has 0 fully saturated rings. The third-order valence-electron chi connectivity index (χ3n) is 3.17. The molecule has 2 N–H and O–H groups in total. The minimum absolute atomic E-state index is 0.00230. The van der Waals surface area contributed by atoms with E-state index in [0.717, 1.165) is 36.6 Å². The highest BCUT2D eigenvalue weighted by atomic mass is 16.7. The van der Waals surface area contributed by atoms with Crippen molar-refractivity contribution in [3.8, 4) is 11.5 Å². The molecule has 0 radical (unpaired) electrons. The van der Waals surface area contributed by atoms with Crippen LogP contribution in [0.5, 0.6) is 11.5 Å². The number of rotatable bonds is 8. The summed E-state index contributed by atoms with van der Waals surface area (Å²) < 4.78 is 10.6. The summed E-state index contributed by atoms with van der Waals surface area (Å²) >= 11 is 0. The number of amides is 1. The van der Waals surface area contributed by atoms with Gasteiger partial charge in [0.1, 0.15) is 0 Å². The van der Waals surface area contributed by atoms with Crippen LogP contribution in [0.2, 0.25) is 0 Å². The van der Waals surface area contributed by atoms with Gasteiger partial charge in [-0.15, -0.1) is 0 Å². The van der Waals surface area contributed by atoms with Crippen LogP contribution in [0.25, 0.3) is 0 Å². The van der Waals surface area contributed by atoms with E-state index in [4.69, 9.17) is 9.47 Å². The van der Waals surface area contributed by atoms with Gasteiger partial charge in [-0.25, -0.2) is 0 Å². The summed E-state index contributed by atoms with van der Waals surface area (Å²) in [5.41, 5.74) is 1.00. The van der Waals surface area contributed by atoms with Gasteiger partial charge in [-0.3, -0.25) is 4.79 Å². The summed E-state index contributed by atoms with van der Waals surface area (Å²) in [5, 5.41) is 6.02. The maximum absolute atomic E-state index is 11.7. The molecule has 0 aromatic heterocycles. The van der Waals surface area contributed by atoms with Gasteiger partial charge in [-0.2, -0.15) is 0 Å². The molecule has 0 saturated heterocycles. The molecule has 0 spiro atoms. The van der Waals surface area contributed by atoms with E-state index in [1.54, 1.807) is 0 Å². The number of hydrogen-bond acceptors (Lipinski definition) is 5. The maximum Gasteiger partial charge on any atom is 0.234 e. The van der Waals surface area contributed by atoms with E-state index >= 15 is 0 Å². The second-order valence-corrected chi connectivity index (χ2v) is 5.30. The Hall–Kier alpha value is -1.79. The number of ether oxygens (including phenoxy) is 2. The van der Waals surface area contributed by atoms with Gasteiger partial charge in [-0.1, -0.05) is 6.07 Å². The summed E-state index contributed by atoms with van der Waals surface area (Å²) in [6.45, 7) is 2.97. The smallest absolute Gasteiger partial charge is 0.234 e. The Balaban J connectivity index is 1.62. The molecule has 1 amide bonds. The van der Waals surface area contributed by atoms with Gasteiger partial charge in [0.15, 0.2) is 11.5 Å². The molecule has 1 aliphatic heterocycles. The molecule has 2 rings (SSSR count). The van der Waals surface area contributed by atoms with Crippen LogP contribution in [-0.2, 0) is 11.3 Å². The Morgan fingerprint density at radius 3 is 2.90 bits per heavy atom. The molecule has 1 aromatic rings. The lowest BCUT2D eigenvalue weighted by Crippen LogP contribution is -2.34. The zero-order valence-corrected chi connectivity index (χ0v) is 12.6. The van der Waals surface area contributed by atoms with Crippen LogP contribution < -0.4 is 20.1 Å². The summed E-state index contributed by atoms with van der Waals surface area (Å²) in [7, 11) is 4.08. The lowest BCUT2D eigenvalue weighted by atomic mass is 10.2. The first-order chi connectivity index (χ1) is 10.1. The van der Waals surface area contributed by atoms with Crippen molar-refractivity contribution in [1.82, 2.24) is 15.5 Å². The average Bonchev–Trinajstić information content (AvgIpc) is 2.92. The molecule has 0 aliphatic carbocycles. The molecule has 0 unspecified atom stereocenters. The third-order valence-corrected chi connectivity index (χ3v) is 3.17. The molecule has 0 saturated carbocycles. The summed E-state index contributed by atoms with van der Waals surface area (Å²) in [6.07, 6.45) is 1.03. The van der Waals surface area contributed by atoms with E-state index < -0.39 is 0 Å². The van der Waals surface area contributed by atoms with Crippen molar-refractivity contribution in [2.75, 3.05) is 40.5 Å². The van der Waals surface area contributed by atoms with E-state index in [2.05, 4.69) is 15.5 Å². The lowest BCUT2D eigenvalue weighted by molar-refractivity contribution is -0.120. The van der Waals surface area contributed by atoms with Crippen molar-refractivity contribution >= 4 is 5.91 Å². The molecule has 1 aliphatic rings. The Bertz CT molecular complexity index is 477. The summed E-state index contributed by atoms with van der Waals surface area (Å²) in [6, 6.07) is 5.69. The largest absolute Gasteiger partial charge is 0.454 e. The van der Waals surface area contributed by atoms with Gasteiger partial charge in [-0.05, 0) is 51.3 Å². The van der Waals surface area contributed by atoms with Crippen LogP contribution >= 0.6 is 0 Å². The number of nitrogens with one attached hydrogen (secondary N) is 2. The molecule has 1 heterocycles. The molecule has 116 valence electrons. The first-order valence-corrected chi connectivity index (χ1v) is 7.16. The number of carbonyl (C=O) groups is 1. The predicted octanol–water partition coefficient (Wildman–Crippen LogP) is 0.573. The Labute approximate surface area is 125 Å². The van der Waals surface area contributed by atoms with E-state index in [-0.39, 0.29) is 12.7 Å². The highest BCUT2D eigenvalue weighted by Gasteiger charge is 2.13. The average molecular weight is 293 g/mol. The zero-order chi connectivity index (χ0) is 15.1. The minimum Gasteiger partial charge on any atom is -0.454 e. The van der Waals surface area contributed by atoms with Gasteiger partial charge >= 0.3 is 0 Å². The molecule has 21 heavy (non-hydrogen) atoms. The predicted molar refractivity (Wildman–Crippen MR) is 80.5 cm³/mol. The van der Waals surface area contributed by atoms with Crippen LogP contribution in [0, 0.1) is 0 Å². The Morgan fingerprint density at radius 1 is 1.29 bits per heavy atom. The van der Waals surface area contributed by atoms with Crippen molar-refractivity contribution in [2.24, 2.45) is 0 Å². The fraction of sp³-hybridized carbons (Fsp3) is 0.533. The summed E-state index contributed by atoms with van der Waals surface area (Å²) in [5.74, 6) is 1.49. The van der Waals surface area contributed by atoms with Gasteiger partial charge < -0.3 is 25.0 Å². The highest BCUT2D eigenvalue weighted by Crippen LogP contribution is 2.32. The topological polar surface area (TPSA) is 62.8 Å². The van der Waals surface area contributed by atoms with E-state index in [9.17, 15) is 4.79 Å². The third kappa shape index (κ3) is 5.24. The Morgan fingerprint density at radius 2 is 2.10 bits per heavy atom. The number of benzene rings is 1. The van der Waals surface area contributed by atoms with Crippen LogP contribution in [0.15, 0.2) is 18.2 Å². The molecule has 1 aromatic carbocycles. The van der Waals surface area contributed by atoms with Crippen LogP contribution in [0.1, 0.15) is 12.0 Å². The molecular formula is C15H23N3O3. The fourth-order valence-corrected chi connectivity index (χ4v) is 2.04. The fourth-order valence-electron chi connectivity index (χ4n) is 2.04. The first kappa shape index (κ1) is 15.6. The van der Waals surface area contributed by atoms with E-state index in [0.29, 0.717) is 13.1 Å². The second-order valence-electron chi connectivity index (χ2n) is 5.30. The van der Waals surface area contributed by atoms with Gasteiger partial charge in [0.2, 0.25) is 12.7 Å². The number of fused-ring (bicyclic) bond motifs is 1. The number of nitrogens with zero attached hydrogens (tertiary/aromatic N) is 1. The molecular weight excluding hydrogens is 270 g/mol. The molecule has 0 atom stereocenters. The monoisotopic (exact) mass is 293 g/mol.